The highest BCUT2D eigenvalue weighted by molar-refractivity contribution is 7.48. The van der Waals surface area contributed by atoms with Crippen LogP contribution in [-0.2, 0) is 34.9 Å². The number of phosphoric ester groups is 1. The first kappa shape index (κ1) is 30.1. The lowest BCUT2D eigenvalue weighted by atomic mass is 9.89. The van der Waals surface area contributed by atoms with Crippen molar-refractivity contribution in [1.82, 2.24) is 15.0 Å². The normalized spacial score (nSPS) is 13.0. The highest BCUT2D eigenvalue weighted by Gasteiger charge is 2.50. The molecule has 8 heteroatoms. The van der Waals surface area contributed by atoms with E-state index in [0.29, 0.717) is 38.5 Å². The lowest BCUT2D eigenvalue weighted by Gasteiger charge is -2.43. The van der Waals surface area contributed by atoms with Crippen LogP contribution >= 0.6 is 7.82 Å². The molecule has 0 amide bonds. The summed E-state index contributed by atoms with van der Waals surface area (Å²) in [5.41, 5.74) is -0.0277. The van der Waals surface area contributed by atoms with Gasteiger partial charge in [0.2, 0.25) is 0 Å². The molecule has 0 fully saturated rings. The second-order valence-corrected chi connectivity index (χ2v) is 11.0. The summed E-state index contributed by atoms with van der Waals surface area (Å²) >= 11 is 0. The average molecular weight is 540 g/mol. The Morgan fingerprint density at radius 1 is 0.500 bits per heavy atom. The smallest absolute Gasteiger partial charge is 0.275 e. The van der Waals surface area contributed by atoms with Gasteiger partial charge in [0.1, 0.15) is 16.8 Å². The molecule has 0 aliphatic carbocycles. The van der Waals surface area contributed by atoms with E-state index in [1.54, 1.807) is 37.2 Å². The van der Waals surface area contributed by atoms with Crippen LogP contribution < -0.4 is 0 Å². The zero-order valence-corrected chi connectivity index (χ0v) is 24.5. The van der Waals surface area contributed by atoms with E-state index in [0.717, 1.165) is 16.7 Å². The summed E-state index contributed by atoms with van der Waals surface area (Å²) in [5.74, 6) is 0. The number of hydrogen-bond acceptors (Lipinski definition) is 7. The van der Waals surface area contributed by atoms with E-state index < -0.39 is 24.6 Å². The van der Waals surface area contributed by atoms with E-state index >= 15 is 4.57 Å². The Morgan fingerprint density at radius 3 is 0.895 bits per heavy atom. The molecule has 3 rings (SSSR count). The van der Waals surface area contributed by atoms with Crippen molar-refractivity contribution in [1.29, 1.82) is 0 Å². The zero-order chi connectivity index (χ0) is 27.7. The Bertz CT molecular complexity index is 1000. The maximum Gasteiger partial charge on any atom is 0.477 e. The molecule has 0 saturated carbocycles. The fourth-order valence-corrected chi connectivity index (χ4v) is 7.67. The van der Waals surface area contributed by atoms with Gasteiger partial charge in [-0.05, 0) is 91.6 Å². The van der Waals surface area contributed by atoms with Crippen LogP contribution in [0.3, 0.4) is 0 Å². The molecule has 206 valence electrons. The van der Waals surface area contributed by atoms with Crippen LogP contribution in [0, 0.1) is 0 Å². The van der Waals surface area contributed by atoms with Gasteiger partial charge in [-0.25, -0.2) is 4.57 Å². The molecule has 0 N–H and O–H groups in total. The number of aromatic nitrogens is 3. The van der Waals surface area contributed by atoms with E-state index in [1.807, 2.05) is 77.9 Å². The number of nitrogens with zero attached hydrogens (tertiary/aromatic N) is 3. The molecule has 0 aliphatic rings. The predicted octanol–water partition coefficient (Wildman–Crippen LogP) is 8.48. The summed E-state index contributed by atoms with van der Waals surface area (Å²) in [6.45, 7) is 12.2. The highest BCUT2D eigenvalue weighted by atomic mass is 31.2. The Labute approximate surface area is 228 Å². The van der Waals surface area contributed by atoms with E-state index in [4.69, 9.17) is 13.6 Å². The summed E-state index contributed by atoms with van der Waals surface area (Å²) < 4.78 is 35.4. The van der Waals surface area contributed by atoms with Crippen molar-refractivity contribution in [3.05, 3.63) is 90.3 Å². The second kappa shape index (κ2) is 13.1. The van der Waals surface area contributed by atoms with E-state index in [-0.39, 0.29) is 0 Å². The van der Waals surface area contributed by atoms with Crippen molar-refractivity contribution in [2.24, 2.45) is 0 Å². The van der Waals surface area contributed by atoms with E-state index in [2.05, 4.69) is 15.0 Å². The van der Waals surface area contributed by atoms with Crippen molar-refractivity contribution >= 4 is 7.82 Å². The van der Waals surface area contributed by atoms with Crippen LogP contribution in [-0.4, -0.2) is 15.0 Å². The minimum absolute atomic E-state index is 0.575. The first-order chi connectivity index (χ1) is 18.3. The second-order valence-electron chi connectivity index (χ2n) is 9.53. The molecule has 0 unspecified atom stereocenters. The number of rotatable bonds is 15. The fourth-order valence-electron chi connectivity index (χ4n) is 5.19. The van der Waals surface area contributed by atoms with Crippen molar-refractivity contribution in [3.8, 4) is 0 Å². The number of phosphoric acid groups is 1. The molecule has 0 aromatic carbocycles. The zero-order valence-electron chi connectivity index (χ0n) is 23.6. The van der Waals surface area contributed by atoms with Gasteiger partial charge in [0.05, 0.1) is 0 Å². The molecule has 7 nitrogen and oxygen atoms in total. The molecule has 0 radical (unpaired) electrons. The highest BCUT2D eigenvalue weighted by Crippen LogP contribution is 2.65. The quantitative estimate of drug-likeness (QED) is 0.179. The van der Waals surface area contributed by atoms with Crippen LogP contribution in [0.2, 0.25) is 0 Å². The third kappa shape index (κ3) is 6.23. The van der Waals surface area contributed by atoms with Crippen LogP contribution in [0.25, 0.3) is 0 Å². The monoisotopic (exact) mass is 539 g/mol. The van der Waals surface area contributed by atoms with Gasteiger partial charge in [0.15, 0.2) is 0 Å². The Morgan fingerprint density at radius 2 is 0.711 bits per heavy atom. The van der Waals surface area contributed by atoms with Crippen molar-refractivity contribution in [2.45, 2.75) is 96.9 Å². The van der Waals surface area contributed by atoms with Crippen molar-refractivity contribution in [3.63, 3.8) is 0 Å². The summed E-state index contributed by atoms with van der Waals surface area (Å²) in [4.78, 5) is 12.5. The minimum Gasteiger partial charge on any atom is -0.275 e. The molecule has 38 heavy (non-hydrogen) atoms. The SMILES string of the molecule is CCC(CC)(OP(=O)(OC(CC)(CC)c1ccncc1)OC(CC)(CC)c1ccncc1)c1ccncc1. The molecule has 3 heterocycles. The van der Waals surface area contributed by atoms with Crippen molar-refractivity contribution in [2.75, 3.05) is 0 Å². The molecular formula is C30H42N3O4P. The van der Waals surface area contributed by atoms with E-state index in [1.165, 1.54) is 0 Å². The summed E-state index contributed by atoms with van der Waals surface area (Å²) in [6, 6.07) is 11.4. The van der Waals surface area contributed by atoms with Crippen molar-refractivity contribution < 1.29 is 18.1 Å². The van der Waals surface area contributed by atoms with Gasteiger partial charge in [-0.3, -0.25) is 28.5 Å². The molecule has 0 aliphatic heterocycles. The Hall–Kier alpha value is -2.44. The van der Waals surface area contributed by atoms with Gasteiger partial charge in [0, 0.05) is 37.2 Å². The summed E-state index contributed by atoms with van der Waals surface area (Å²) in [7, 11) is -4.24. The van der Waals surface area contributed by atoms with Gasteiger partial charge < -0.3 is 0 Å². The third-order valence-corrected chi connectivity index (χ3v) is 9.62. The largest absolute Gasteiger partial charge is 0.477 e. The van der Waals surface area contributed by atoms with Gasteiger partial charge >= 0.3 is 7.82 Å². The lowest BCUT2D eigenvalue weighted by Crippen LogP contribution is -2.36. The van der Waals surface area contributed by atoms with Crippen LogP contribution in [0.15, 0.2) is 73.6 Å². The van der Waals surface area contributed by atoms with Crippen LogP contribution in [0.1, 0.15) is 96.8 Å². The minimum atomic E-state index is -4.24. The molecular weight excluding hydrogens is 497 g/mol. The average Bonchev–Trinajstić information content (AvgIpc) is 2.99. The topological polar surface area (TPSA) is 83.4 Å². The molecule has 3 aromatic heterocycles. The van der Waals surface area contributed by atoms with Gasteiger partial charge in [-0.15, -0.1) is 0 Å². The molecule has 0 saturated heterocycles. The van der Waals surface area contributed by atoms with Gasteiger partial charge in [0.25, 0.3) is 0 Å². The molecule has 0 atom stereocenters. The van der Waals surface area contributed by atoms with Crippen LogP contribution in [0.4, 0.5) is 0 Å². The third-order valence-electron chi connectivity index (χ3n) is 7.91. The predicted molar refractivity (Wildman–Crippen MR) is 150 cm³/mol. The lowest BCUT2D eigenvalue weighted by molar-refractivity contribution is -0.0816. The van der Waals surface area contributed by atoms with Gasteiger partial charge in [-0.2, -0.15) is 0 Å². The maximum absolute atomic E-state index is 15.2. The maximum atomic E-state index is 15.2. The molecule has 0 bridgehead atoms. The van der Waals surface area contributed by atoms with E-state index in [9.17, 15) is 0 Å². The Kier molecular flexibility index (Phi) is 10.4. The first-order valence-corrected chi connectivity index (χ1v) is 15.2. The number of hydrogen-bond donors (Lipinski definition) is 0. The van der Waals surface area contributed by atoms with Crippen LogP contribution in [0.5, 0.6) is 0 Å². The molecule has 3 aromatic rings. The fraction of sp³-hybridized carbons (Fsp3) is 0.500. The molecule has 0 spiro atoms. The van der Waals surface area contributed by atoms with Gasteiger partial charge in [-0.1, -0.05) is 41.5 Å². The summed E-state index contributed by atoms with van der Waals surface area (Å²) in [5, 5.41) is 0. The first-order valence-electron chi connectivity index (χ1n) is 13.7. The number of pyridine rings is 3. The summed E-state index contributed by atoms with van der Waals surface area (Å²) in [6.07, 6.45) is 13.8. The standard InChI is InChI=1S/C30H42N3O4P/c1-7-28(8-2,25-13-19-31-20-14-25)35-38(34,36-29(9-3,10-4)26-15-21-32-22-16-26)37-30(11-5,12-6)27-17-23-33-24-18-27/h13-24H,7-12H2,1-6H3. The Balaban J connectivity index is 2.20.